The smallest absolute Gasteiger partial charge is 0.353 e. The second kappa shape index (κ2) is 8.29. The van der Waals surface area contributed by atoms with Gasteiger partial charge in [-0.05, 0) is 12.1 Å². The summed E-state index contributed by atoms with van der Waals surface area (Å²) in [6, 6.07) is 3.29. The van der Waals surface area contributed by atoms with E-state index in [1.54, 1.807) is 12.1 Å². The van der Waals surface area contributed by atoms with Gasteiger partial charge in [0.15, 0.2) is 16.7 Å². The van der Waals surface area contributed by atoms with Crippen LogP contribution in [0.15, 0.2) is 23.5 Å². The summed E-state index contributed by atoms with van der Waals surface area (Å²) in [5, 5.41) is 11.9. The maximum atomic E-state index is 12.1. The molecular weight excluding hydrogens is 350 g/mol. The number of hydrogen-bond donors (Lipinski definition) is 3. The molecule has 0 fully saturated rings. The zero-order valence-electron chi connectivity index (χ0n) is 13.8. The Labute approximate surface area is 147 Å². The Kier molecular flexibility index (Phi) is 6.12. The third kappa shape index (κ3) is 4.35. The van der Waals surface area contributed by atoms with E-state index in [4.69, 9.17) is 19.3 Å². The Morgan fingerprint density at radius 3 is 2.48 bits per heavy atom. The largest absolute Gasteiger partial charge is 0.493 e. The van der Waals surface area contributed by atoms with Crippen LogP contribution in [0.5, 0.6) is 17.2 Å². The predicted octanol–water partition coefficient (Wildman–Crippen LogP) is 1.86. The molecule has 0 saturated heterocycles. The number of nitrogens with one attached hydrogen (secondary N) is 2. The lowest BCUT2D eigenvalue weighted by atomic mass is 10.2. The Morgan fingerprint density at radius 1 is 1.20 bits per heavy atom. The number of hydrogen-bond acceptors (Lipinski definition) is 7. The number of H-pyrrole nitrogens is 1. The fourth-order valence-corrected chi connectivity index (χ4v) is 2.65. The zero-order valence-corrected chi connectivity index (χ0v) is 14.6. The summed E-state index contributed by atoms with van der Waals surface area (Å²) in [5.41, 5.74) is 0.390. The van der Waals surface area contributed by atoms with Crippen LogP contribution in [0.25, 0.3) is 0 Å². The van der Waals surface area contributed by atoms with Gasteiger partial charge >= 0.3 is 5.97 Å². The molecule has 1 amide bonds. The Bertz CT molecular complexity index is 777. The third-order valence-electron chi connectivity index (χ3n) is 3.10. The number of anilines is 1. The summed E-state index contributed by atoms with van der Waals surface area (Å²) in [7, 11) is 4.43. The molecule has 0 radical (unpaired) electrons. The lowest BCUT2D eigenvalue weighted by molar-refractivity contribution is -0.113. The number of carboxylic acids is 1. The quantitative estimate of drug-likeness (QED) is 0.604. The van der Waals surface area contributed by atoms with Gasteiger partial charge in [-0.3, -0.25) is 4.79 Å². The lowest BCUT2D eigenvalue weighted by Gasteiger charge is -2.16. The molecule has 0 atom stereocenters. The number of nitrogens with zero attached hydrogens (tertiary/aromatic N) is 1. The Balaban J connectivity index is 2.05. The summed E-state index contributed by atoms with van der Waals surface area (Å²) < 4.78 is 15.7. The van der Waals surface area contributed by atoms with Crippen LogP contribution in [0.2, 0.25) is 0 Å². The van der Waals surface area contributed by atoms with Crippen LogP contribution in [0.4, 0.5) is 5.69 Å². The van der Waals surface area contributed by atoms with Crippen LogP contribution in [-0.2, 0) is 4.79 Å². The lowest BCUT2D eigenvalue weighted by Crippen LogP contribution is -2.15. The Hall–Kier alpha value is -2.88. The van der Waals surface area contributed by atoms with E-state index in [9.17, 15) is 9.59 Å². The first-order valence-electron chi connectivity index (χ1n) is 7.00. The molecular formula is C15H17N3O6S. The minimum absolute atomic E-state index is 0.0318. The van der Waals surface area contributed by atoms with E-state index in [1.807, 2.05) is 0 Å². The van der Waals surface area contributed by atoms with Crippen molar-refractivity contribution in [1.29, 1.82) is 0 Å². The highest BCUT2D eigenvalue weighted by atomic mass is 32.2. The highest BCUT2D eigenvalue weighted by Crippen LogP contribution is 2.42. The van der Waals surface area contributed by atoms with Gasteiger partial charge in [-0.2, -0.15) is 0 Å². The molecule has 0 aliphatic heterocycles. The van der Waals surface area contributed by atoms with E-state index >= 15 is 0 Å². The van der Waals surface area contributed by atoms with Gasteiger partial charge < -0.3 is 29.6 Å². The molecule has 10 heteroatoms. The van der Waals surface area contributed by atoms with Crippen LogP contribution in [-0.4, -0.2) is 54.0 Å². The average Bonchev–Trinajstić information content (AvgIpc) is 3.08. The van der Waals surface area contributed by atoms with E-state index in [0.717, 1.165) is 11.8 Å². The molecule has 0 spiro atoms. The molecule has 0 saturated carbocycles. The molecule has 0 aliphatic rings. The van der Waals surface area contributed by atoms with Gasteiger partial charge in [0.25, 0.3) is 0 Å². The number of aromatic amines is 1. The molecule has 0 unspecified atom stereocenters. The van der Waals surface area contributed by atoms with E-state index in [-0.39, 0.29) is 17.4 Å². The number of ether oxygens (including phenoxy) is 3. The maximum absolute atomic E-state index is 12.1. The minimum atomic E-state index is -1.11. The standard InChI is InChI=1S/C15H17N3O6S/c1-22-10-5-4-8(12(23-2)13(10)24-3)17-11(19)7-25-15-16-6-9(18-15)14(20)21/h4-6H,7H2,1-3H3,(H,16,18)(H,17,19)(H,20,21). The van der Waals surface area contributed by atoms with Crippen molar-refractivity contribution in [1.82, 2.24) is 9.97 Å². The average molecular weight is 367 g/mol. The number of benzene rings is 1. The van der Waals surface area contributed by atoms with Crippen molar-refractivity contribution in [3.8, 4) is 17.2 Å². The number of imidazole rings is 1. The number of carbonyl (C=O) groups is 2. The highest BCUT2D eigenvalue weighted by Gasteiger charge is 2.18. The molecule has 3 N–H and O–H groups in total. The van der Waals surface area contributed by atoms with Crippen molar-refractivity contribution in [2.75, 3.05) is 32.4 Å². The van der Waals surface area contributed by atoms with E-state index in [0.29, 0.717) is 28.1 Å². The summed E-state index contributed by atoms with van der Waals surface area (Å²) in [6.45, 7) is 0. The van der Waals surface area contributed by atoms with Crippen LogP contribution < -0.4 is 19.5 Å². The second-order valence-corrected chi connectivity index (χ2v) is 5.59. The molecule has 134 valence electrons. The van der Waals surface area contributed by atoms with Gasteiger partial charge in [0.2, 0.25) is 11.7 Å². The number of aromatic carboxylic acids is 1. The highest BCUT2D eigenvalue weighted by molar-refractivity contribution is 7.99. The van der Waals surface area contributed by atoms with Crippen molar-refractivity contribution in [3.05, 3.63) is 24.0 Å². The fraction of sp³-hybridized carbons (Fsp3) is 0.267. The minimum Gasteiger partial charge on any atom is -0.493 e. The van der Waals surface area contributed by atoms with Crippen LogP contribution in [0, 0.1) is 0 Å². The summed E-state index contributed by atoms with van der Waals surface area (Å²) in [6.07, 6.45) is 1.19. The fourth-order valence-electron chi connectivity index (χ4n) is 2.00. The maximum Gasteiger partial charge on any atom is 0.353 e. The molecule has 1 heterocycles. The molecule has 1 aromatic carbocycles. The monoisotopic (exact) mass is 367 g/mol. The molecule has 0 aliphatic carbocycles. The number of amides is 1. The third-order valence-corrected chi connectivity index (χ3v) is 3.99. The zero-order chi connectivity index (χ0) is 18.4. The number of carboxylic acid groups (broad SMARTS) is 1. The molecule has 1 aromatic heterocycles. The van der Waals surface area contributed by atoms with Crippen molar-refractivity contribution in [2.24, 2.45) is 0 Å². The summed E-state index contributed by atoms with van der Waals surface area (Å²) in [5.74, 6) is -0.213. The molecule has 2 aromatic rings. The van der Waals surface area contributed by atoms with Crippen molar-refractivity contribution in [2.45, 2.75) is 5.16 Å². The van der Waals surface area contributed by atoms with Crippen molar-refractivity contribution in [3.63, 3.8) is 0 Å². The topological polar surface area (TPSA) is 123 Å². The summed E-state index contributed by atoms with van der Waals surface area (Å²) in [4.78, 5) is 29.4. The Morgan fingerprint density at radius 2 is 1.92 bits per heavy atom. The van der Waals surface area contributed by atoms with Crippen LogP contribution in [0.1, 0.15) is 10.5 Å². The number of thioether (sulfide) groups is 1. The first kappa shape index (κ1) is 18.5. The molecule has 9 nitrogen and oxygen atoms in total. The van der Waals surface area contributed by atoms with E-state index in [1.165, 1.54) is 27.5 Å². The van der Waals surface area contributed by atoms with Gasteiger partial charge in [0.1, 0.15) is 5.69 Å². The van der Waals surface area contributed by atoms with Crippen molar-refractivity contribution >= 4 is 29.3 Å². The van der Waals surface area contributed by atoms with E-state index in [2.05, 4.69) is 15.3 Å². The van der Waals surface area contributed by atoms with Gasteiger partial charge in [0, 0.05) is 0 Å². The van der Waals surface area contributed by atoms with Gasteiger partial charge in [0.05, 0.1) is 39.0 Å². The van der Waals surface area contributed by atoms with Crippen LogP contribution in [0.3, 0.4) is 0 Å². The molecule has 25 heavy (non-hydrogen) atoms. The van der Waals surface area contributed by atoms with Crippen LogP contribution >= 0.6 is 11.8 Å². The first-order chi connectivity index (χ1) is 12.0. The number of carbonyl (C=O) groups excluding carboxylic acids is 1. The van der Waals surface area contributed by atoms with Gasteiger partial charge in [-0.15, -0.1) is 0 Å². The number of aromatic nitrogens is 2. The predicted molar refractivity (Wildman–Crippen MR) is 91.0 cm³/mol. The van der Waals surface area contributed by atoms with Gasteiger partial charge in [-0.25, -0.2) is 9.78 Å². The number of methoxy groups -OCH3 is 3. The van der Waals surface area contributed by atoms with E-state index < -0.39 is 5.97 Å². The molecule has 2 rings (SSSR count). The first-order valence-corrected chi connectivity index (χ1v) is 7.98. The summed E-state index contributed by atoms with van der Waals surface area (Å²) >= 11 is 1.08. The SMILES string of the molecule is COc1ccc(NC(=O)CSc2ncc(C(=O)O)[nH]2)c(OC)c1OC. The molecule has 0 bridgehead atoms. The normalized spacial score (nSPS) is 10.2. The second-order valence-electron chi connectivity index (χ2n) is 4.63. The van der Waals surface area contributed by atoms with Gasteiger partial charge in [-0.1, -0.05) is 11.8 Å². The van der Waals surface area contributed by atoms with Crippen molar-refractivity contribution < 1.29 is 28.9 Å². The number of rotatable bonds is 8.